The molecule has 69 heavy (non-hydrogen) atoms. The molecule has 4 heterocycles. The van der Waals surface area contributed by atoms with Crippen LogP contribution in [0.2, 0.25) is 0 Å². The van der Waals surface area contributed by atoms with Crippen molar-refractivity contribution in [2.45, 2.75) is 78.6 Å². The molecule has 10 aromatic rings. The van der Waals surface area contributed by atoms with Crippen molar-refractivity contribution in [1.82, 2.24) is 4.48 Å². The van der Waals surface area contributed by atoms with Crippen LogP contribution in [0.5, 0.6) is 0 Å². The average Bonchev–Trinajstić information content (AvgIpc) is 3.91. The van der Waals surface area contributed by atoms with Crippen LogP contribution in [-0.2, 0) is 16.2 Å². The Morgan fingerprint density at radius 3 is 1.62 bits per heavy atom. The molecule has 338 valence electrons. The van der Waals surface area contributed by atoms with Gasteiger partial charge in [0.25, 0.3) is 0 Å². The van der Waals surface area contributed by atoms with Gasteiger partial charge in [0.15, 0.2) is 0 Å². The number of para-hydroxylation sites is 2. The summed E-state index contributed by atoms with van der Waals surface area (Å²) in [5, 5.41) is 2.46. The van der Waals surface area contributed by atoms with Gasteiger partial charge < -0.3 is 18.7 Å². The lowest BCUT2D eigenvalue weighted by Gasteiger charge is -2.40. The van der Waals surface area contributed by atoms with Crippen LogP contribution in [0.4, 0.5) is 34.1 Å². The van der Waals surface area contributed by atoms with E-state index in [9.17, 15) is 0 Å². The number of furan rings is 1. The predicted octanol–water partition coefficient (Wildman–Crippen LogP) is 16.5. The van der Waals surface area contributed by atoms with Gasteiger partial charge in [-0.2, -0.15) is 0 Å². The highest BCUT2D eigenvalue weighted by molar-refractivity contribution is 6.89. The molecule has 0 amide bonds. The van der Waals surface area contributed by atoms with Crippen LogP contribution in [0, 0.1) is 0 Å². The monoisotopic (exact) mass is 895 g/mol. The third kappa shape index (κ3) is 6.80. The molecule has 2 aliphatic rings. The topological polar surface area (TPSA) is 24.6 Å². The van der Waals surface area contributed by atoms with Crippen molar-refractivity contribution in [2.24, 2.45) is 0 Å². The lowest BCUT2D eigenvalue weighted by atomic mass is 9.47. The van der Waals surface area contributed by atoms with Gasteiger partial charge in [0, 0.05) is 55.7 Å². The van der Waals surface area contributed by atoms with Crippen molar-refractivity contribution >= 4 is 73.9 Å². The SMILES string of the molecule is CC(C)(C)c1ccc(N2c3cc(C(C)(C)C)cc4c3B(c3oc(-c5ccccc5)c(-c5ccccc5)c32)n2c3ccc(C(C)(C)C)cc3c3c(N(c5ccccc5)c5ccccc5)ccc-4c32)cc1. The number of rotatable bonds is 6. The van der Waals surface area contributed by atoms with Gasteiger partial charge in [0.2, 0.25) is 0 Å². The molecule has 2 aromatic heterocycles. The molecule has 0 atom stereocenters. The molecule has 0 bridgehead atoms. The van der Waals surface area contributed by atoms with Crippen molar-refractivity contribution in [3.05, 3.63) is 205 Å². The minimum absolute atomic E-state index is 0.000188. The average molecular weight is 896 g/mol. The predicted molar refractivity (Wildman–Crippen MR) is 294 cm³/mol. The van der Waals surface area contributed by atoms with Crippen LogP contribution in [-0.4, -0.2) is 11.3 Å². The summed E-state index contributed by atoms with van der Waals surface area (Å²) in [5.74, 6) is 0.870. The Morgan fingerprint density at radius 1 is 0.493 bits per heavy atom. The zero-order valence-electron chi connectivity index (χ0n) is 41.2. The van der Waals surface area contributed by atoms with E-state index in [1.54, 1.807) is 0 Å². The number of benzene rings is 8. The van der Waals surface area contributed by atoms with Gasteiger partial charge in [0.1, 0.15) is 11.4 Å². The molecule has 12 rings (SSSR count). The highest BCUT2D eigenvalue weighted by Crippen LogP contribution is 2.54. The second-order valence-corrected chi connectivity index (χ2v) is 22.2. The molecular formula is C64H58BN3O. The Morgan fingerprint density at radius 2 is 1.04 bits per heavy atom. The van der Waals surface area contributed by atoms with Gasteiger partial charge in [-0.05, 0) is 110 Å². The van der Waals surface area contributed by atoms with Crippen molar-refractivity contribution in [3.63, 3.8) is 0 Å². The second kappa shape index (κ2) is 15.5. The second-order valence-electron chi connectivity index (χ2n) is 22.2. The maximum Gasteiger partial charge on any atom is 0.375 e. The summed E-state index contributed by atoms with van der Waals surface area (Å²) in [6.45, 7) is 20.6. The van der Waals surface area contributed by atoms with Crippen LogP contribution >= 0.6 is 0 Å². The van der Waals surface area contributed by atoms with E-state index in [-0.39, 0.29) is 23.1 Å². The number of hydrogen-bond donors (Lipinski definition) is 0. The van der Waals surface area contributed by atoms with Gasteiger partial charge >= 0.3 is 6.85 Å². The molecule has 8 aromatic carbocycles. The smallest absolute Gasteiger partial charge is 0.375 e. The Kier molecular flexibility index (Phi) is 9.63. The van der Waals surface area contributed by atoms with E-state index in [4.69, 9.17) is 4.42 Å². The Bertz CT molecular complexity index is 3550. The Balaban J connectivity index is 1.28. The fourth-order valence-electron chi connectivity index (χ4n) is 11.0. The number of aromatic nitrogens is 1. The highest BCUT2D eigenvalue weighted by Gasteiger charge is 2.48. The van der Waals surface area contributed by atoms with E-state index >= 15 is 0 Å². The first-order valence-electron chi connectivity index (χ1n) is 24.6. The molecule has 0 fully saturated rings. The van der Waals surface area contributed by atoms with Gasteiger partial charge in [-0.3, -0.25) is 0 Å². The fourth-order valence-corrected chi connectivity index (χ4v) is 11.0. The molecule has 0 saturated carbocycles. The van der Waals surface area contributed by atoms with E-state index in [2.05, 4.69) is 265 Å². The maximum atomic E-state index is 7.74. The first-order valence-corrected chi connectivity index (χ1v) is 24.6. The maximum absolute atomic E-state index is 7.74. The van der Waals surface area contributed by atoms with Gasteiger partial charge in [0.05, 0.1) is 16.9 Å². The van der Waals surface area contributed by atoms with Crippen LogP contribution in [0.25, 0.3) is 55.4 Å². The molecule has 0 aliphatic carbocycles. The quantitative estimate of drug-likeness (QED) is 0.155. The van der Waals surface area contributed by atoms with Crippen LogP contribution in [0.15, 0.2) is 192 Å². The summed E-state index contributed by atoms with van der Waals surface area (Å²) >= 11 is 0. The lowest BCUT2D eigenvalue weighted by Crippen LogP contribution is -2.56. The van der Waals surface area contributed by atoms with Gasteiger partial charge in [-0.1, -0.05) is 190 Å². The fraction of sp³-hybridized carbons (Fsp3) is 0.188. The summed E-state index contributed by atoms with van der Waals surface area (Å²) in [6, 6.07) is 69.6. The van der Waals surface area contributed by atoms with Crippen molar-refractivity contribution in [3.8, 4) is 33.6 Å². The third-order valence-electron chi connectivity index (χ3n) is 14.6. The molecule has 0 N–H and O–H groups in total. The molecular weight excluding hydrogens is 838 g/mol. The van der Waals surface area contributed by atoms with Crippen LogP contribution in [0.3, 0.4) is 0 Å². The largest absolute Gasteiger partial charge is 0.465 e. The molecule has 0 spiro atoms. The number of hydrogen-bond acceptors (Lipinski definition) is 3. The van der Waals surface area contributed by atoms with Crippen molar-refractivity contribution < 1.29 is 4.42 Å². The first kappa shape index (κ1) is 42.8. The molecule has 0 radical (unpaired) electrons. The molecule has 5 heteroatoms. The minimum atomic E-state index is -0.297. The van der Waals surface area contributed by atoms with E-state index in [0.29, 0.717) is 0 Å². The summed E-state index contributed by atoms with van der Waals surface area (Å²) in [6.07, 6.45) is 0. The molecule has 0 unspecified atom stereocenters. The van der Waals surface area contributed by atoms with Gasteiger partial charge in [-0.25, -0.2) is 0 Å². The standard InChI is InChI=1S/C64H58BN3O/c1-62(2,3)43-30-33-48(34-31-43)67-54-40-45(64(7,8)9)39-50-49-35-37-53(66(46-26-18-12-19-27-46)47-28-20-13-21-29-47)56-51-38-44(63(4,5)6)32-36-52(51)68(58(49)56)65(57(50)54)61-59(67)55(41-22-14-10-15-23-41)60(69-61)42-24-16-11-17-25-42/h10-40H,1-9H3. The summed E-state index contributed by atoms with van der Waals surface area (Å²) in [5.41, 5.74) is 20.7. The lowest BCUT2D eigenvalue weighted by molar-refractivity contribution is 0.590. The van der Waals surface area contributed by atoms with E-state index in [1.807, 2.05) is 0 Å². The number of fused-ring (bicyclic) bond motifs is 7. The summed E-state index contributed by atoms with van der Waals surface area (Å²) in [7, 11) is 0. The zero-order chi connectivity index (χ0) is 47.6. The van der Waals surface area contributed by atoms with E-state index < -0.39 is 0 Å². The van der Waals surface area contributed by atoms with Crippen molar-refractivity contribution in [2.75, 3.05) is 9.80 Å². The van der Waals surface area contributed by atoms with Gasteiger partial charge in [-0.15, -0.1) is 0 Å². The molecule has 4 nitrogen and oxygen atoms in total. The summed E-state index contributed by atoms with van der Waals surface area (Å²) < 4.78 is 10.4. The van der Waals surface area contributed by atoms with Crippen molar-refractivity contribution in [1.29, 1.82) is 0 Å². The van der Waals surface area contributed by atoms with Crippen LogP contribution in [0.1, 0.15) is 79.0 Å². The normalized spacial score (nSPS) is 13.2. The third-order valence-corrected chi connectivity index (χ3v) is 14.6. The molecule has 0 saturated heterocycles. The Labute approximate surface area is 407 Å². The highest BCUT2D eigenvalue weighted by atomic mass is 16.3. The molecule has 2 aliphatic heterocycles. The zero-order valence-corrected chi connectivity index (χ0v) is 41.2. The summed E-state index contributed by atoms with van der Waals surface area (Å²) in [4.78, 5) is 4.99. The first-order chi connectivity index (χ1) is 33.2. The van der Waals surface area contributed by atoms with E-state index in [1.165, 1.54) is 60.8 Å². The minimum Gasteiger partial charge on any atom is -0.465 e. The number of nitrogens with zero attached hydrogens (tertiary/aromatic N) is 3. The Hall–Kier alpha value is -7.50. The van der Waals surface area contributed by atoms with Crippen LogP contribution < -0.4 is 20.9 Å². The van der Waals surface area contributed by atoms with E-state index in [0.717, 1.165) is 56.5 Å². The number of anilines is 6.